The summed E-state index contributed by atoms with van der Waals surface area (Å²) in [6.07, 6.45) is -4.49. The highest BCUT2D eigenvalue weighted by molar-refractivity contribution is 9.10. The molecular weight excluding hydrogens is 421 g/mol. The molecule has 7 heteroatoms. The van der Waals surface area contributed by atoms with Gasteiger partial charge in [0.15, 0.2) is 0 Å². The van der Waals surface area contributed by atoms with Crippen LogP contribution in [-0.4, -0.2) is 10.5 Å². The van der Waals surface area contributed by atoms with Crippen molar-refractivity contribution in [3.05, 3.63) is 81.6 Å². The number of benzene rings is 2. The number of anilines is 1. The Hall–Kier alpha value is -2.54. The van der Waals surface area contributed by atoms with Gasteiger partial charge in [0, 0.05) is 21.5 Å². The predicted octanol–water partition coefficient (Wildman–Crippen LogP) is 6.13. The SMILES string of the molecule is Cc1cc(C(=O)Nc2ccc(Br)cc2)c(C)n1-c1ccccc1C(F)(F)F. The summed E-state index contributed by atoms with van der Waals surface area (Å²) in [7, 11) is 0. The number of hydrogen-bond acceptors (Lipinski definition) is 1. The van der Waals surface area contributed by atoms with Gasteiger partial charge in [-0.15, -0.1) is 0 Å². The van der Waals surface area contributed by atoms with Gasteiger partial charge in [0.25, 0.3) is 5.91 Å². The van der Waals surface area contributed by atoms with Gasteiger partial charge < -0.3 is 9.88 Å². The molecule has 3 aromatic rings. The van der Waals surface area contributed by atoms with Crippen LogP contribution < -0.4 is 5.32 Å². The predicted molar refractivity (Wildman–Crippen MR) is 102 cm³/mol. The third kappa shape index (κ3) is 3.93. The molecule has 0 aliphatic carbocycles. The van der Waals surface area contributed by atoms with Gasteiger partial charge in [0.05, 0.1) is 16.8 Å². The molecule has 27 heavy (non-hydrogen) atoms. The lowest BCUT2D eigenvalue weighted by Crippen LogP contribution is -2.14. The minimum Gasteiger partial charge on any atom is -0.322 e. The number of para-hydroxylation sites is 1. The van der Waals surface area contributed by atoms with Crippen molar-refractivity contribution in [2.75, 3.05) is 5.32 Å². The van der Waals surface area contributed by atoms with E-state index in [1.165, 1.54) is 16.7 Å². The standard InChI is InChI=1S/C20H16BrF3N2O/c1-12-11-16(19(27)25-15-9-7-14(21)8-10-15)13(2)26(12)18-6-4-3-5-17(18)20(22,23)24/h3-11H,1-2H3,(H,25,27). The van der Waals surface area contributed by atoms with E-state index in [-0.39, 0.29) is 11.6 Å². The van der Waals surface area contributed by atoms with Gasteiger partial charge in [0.2, 0.25) is 0 Å². The fraction of sp³-hybridized carbons (Fsp3) is 0.150. The van der Waals surface area contributed by atoms with Crippen LogP contribution in [0.15, 0.2) is 59.1 Å². The van der Waals surface area contributed by atoms with E-state index in [4.69, 9.17) is 0 Å². The minimum absolute atomic E-state index is 0.00249. The lowest BCUT2D eigenvalue weighted by Gasteiger charge is -2.16. The van der Waals surface area contributed by atoms with Crippen molar-refractivity contribution >= 4 is 27.5 Å². The number of rotatable bonds is 3. The summed E-state index contributed by atoms with van der Waals surface area (Å²) < 4.78 is 42.5. The van der Waals surface area contributed by atoms with Crippen molar-refractivity contribution < 1.29 is 18.0 Å². The zero-order valence-corrected chi connectivity index (χ0v) is 16.1. The molecule has 1 N–H and O–H groups in total. The van der Waals surface area contributed by atoms with E-state index in [0.717, 1.165) is 10.5 Å². The van der Waals surface area contributed by atoms with E-state index in [1.54, 1.807) is 50.2 Å². The first kappa shape index (κ1) is 19.2. The van der Waals surface area contributed by atoms with Crippen LogP contribution in [0.3, 0.4) is 0 Å². The first-order chi connectivity index (χ1) is 12.7. The van der Waals surface area contributed by atoms with Crippen LogP contribution in [0.4, 0.5) is 18.9 Å². The van der Waals surface area contributed by atoms with Gasteiger partial charge in [-0.25, -0.2) is 0 Å². The summed E-state index contributed by atoms with van der Waals surface area (Å²) in [6, 6.07) is 14.0. The first-order valence-electron chi connectivity index (χ1n) is 8.11. The maximum absolute atomic E-state index is 13.4. The fourth-order valence-corrected chi connectivity index (χ4v) is 3.27. The van der Waals surface area contributed by atoms with Gasteiger partial charge >= 0.3 is 6.18 Å². The maximum Gasteiger partial charge on any atom is 0.418 e. The molecule has 0 aliphatic rings. The molecule has 0 fully saturated rings. The Morgan fingerprint density at radius 1 is 1.04 bits per heavy atom. The van der Waals surface area contributed by atoms with Crippen molar-refractivity contribution in [2.45, 2.75) is 20.0 Å². The van der Waals surface area contributed by atoms with Gasteiger partial charge in [0.1, 0.15) is 0 Å². The molecule has 3 nitrogen and oxygen atoms in total. The van der Waals surface area contributed by atoms with E-state index in [9.17, 15) is 18.0 Å². The third-order valence-electron chi connectivity index (χ3n) is 4.23. The number of carbonyl (C=O) groups excluding carboxylic acids is 1. The number of hydrogen-bond donors (Lipinski definition) is 1. The summed E-state index contributed by atoms with van der Waals surface area (Å²) in [4.78, 5) is 12.6. The lowest BCUT2D eigenvalue weighted by atomic mass is 10.1. The average molecular weight is 437 g/mol. The molecule has 0 unspecified atom stereocenters. The molecule has 0 saturated heterocycles. The molecule has 0 bridgehead atoms. The molecule has 1 heterocycles. The number of aryl methyl sites for hydroxylation is 1. The lowest BCUT2D eigenvalue weighted by molar-refractivity contribution is -0.137. The zero-order valence-electron chi connectivity index (χ0n) is 14.6. The summed E-state index contributed by atoms with van der Waals surface area (Å²) >= 11 is 3.32. The number of halogens is 4. The summed E-state index contributed by atoms with van der Waals surface area (Å²) in [5.74, 6) is -0.374. The Bertz CT molecular complexity index is 991. The monoisotopic (exact) mass is 436 g/mol. The van der Waals surface area contributed by atoms with Crippen LogP contribution in [0.1, 0.15) is 27.3 Å². The molecular formula is C20H16BrF3N2O. The second kappa shape index (κ2) is 7.23. The van der Waals surface area contributed by atoms with Gasteiger partial charge in [-0.3, -0.25) is 4.79 Å². The maximum atomic E-state index is 13.4. The smallest absolute Gasteiger partial charge is 0.322 e. The van der Waals surface area contributed by atoms with Gasteiger partial charge in [-0.2, -0.15) is 13.2 Å². The van der Waals surface area contributed by atoms with Crippen molar-refractivity contribution in [3.8, 4) is 5.69 Å². The Morgan fingerprint density at radius 3 is 2.30 bits per heavy atom. The molecule has 1 amide bonds. The molecule has 0 radical (unpaired) electrons. The van der Waals surface area contributed by atoms with E-state index >= 15 is 0 Å². The van der Waals surface area contributed by atoms with Gasteiger partial charge in [-0.1, -0.05) is 28.1 Å². The summed E-state index contributed by atoms with van der Waals surface area (Å²) in [5.41, 5.74) is 1.18. The molecule has 0 saturated carbocycles. The highest BCUT2D eigenvalue weighted by Gasteiger charge is 2.34. The van der Waals surface area contributed by atoms with Crippen LogP contribution in [0, 0.1) is 13.8 Å². The largest absolute Gasteiger partial charge is 0.418 e. The van der Waals surface area contributed by atoms with Crippen molar-refractivity contribution in [1.82, 2.24) is 4.57 Å². The Labute approximate surface area is 163 Å². The average Bonchev–Trinajstić information content (AvgIpc) is 2.90. The highest BCUT2D eigenvalue weighted by atomic mass is 79.9. The quantitative estimate of drug-likeness (QED) is 0.526. The fourth-order valence-electron chi connectivity index (χ4n) is 3.00. The Balaban J connectivity index is 2.01. The number of alkyl halides is 3. The van der Waals surface area contributed by atoms with Crippen LogP contribution in [0.2, 0.25) is 0 Å². The number of amides is 1. The Morgan fingerprint density at radius 2 is 1.67 bits per heavy atom. The van der Waals surface area contributed by atoms with Crippen LogP contribution in [0.5, 0.6) is 0 Å². The third-order valence-corrected chi connectivity index (χ3v) is 4.76. The minimum atomic E-state index is -4.49. The van der Waals surface area contributed by atoms with E-state index in [2.05, 4.69) is 21.2 Å². The van der Waals surface area contributed by atoms with Crippen LogP contribution in [0.25, 0.3) is 5.69 Å². The molecule has 0 aliphatic heterocycles. The number of carbonyl (C=O) groups is 1. The van der Waals surface area contributed by atoms with Crippen molar-refractivity contribution in [3.63, 3.8) is 0 Å². The molecule has 2 aromatic carbocycles. The number of nitrogens with zero attached hydrogens (tertiary/aromatic N) is 1. The molecule has 3 rings (SSSR count). The highest BCUT2D eigenvalue weighted by Crippen LogP contribution is 2.35. The van der Waals surface area contributed by atoms with Crippen LogP contribution >= 0.6 is 15.9 Å². The van der Waals surface area contributed by atoms with E-state index < -0.39 is 11.7 Å². The molecule has 0 atom stereocenters. The first-order valence-corrected chi connectivity index (χ1v) is 8.90. The van der Waals surface area contributed by atoms with Gasteiger partial charge in [-0.05, 0) is 56.3 Å². The second-order valence-electron chi connectivity index (χ2n) is 6.10. The van der Waals surface area contributed by atoms with E-state index in [0.29, 0.717) is 22.6 Å². The molecule has 140 valence electrons. The number of aromatic nitrogens is 1. The summed E-state index contributed by atoms with van der Waals surface area (Å²) in [6.45, 7) is 3.31. The van der Waals surface area contributed by atoms with Crippen LogP contribution in [-0.2, 0) is 6.18 Å². The van der Waals surface area contributed by atoms with Crippen molar-refractivity contribution in [1.29, 1.82) is 0 Å². The number of nitrogens with one attached hydrogen (secondary N) is 1. The molecule has 1 aromatic heterocycles. The van der Waals surface area contributed by atoms with E-state index in [1.807, 2.05) is 0 Å². The normalized spacial score (nSPS) is 11.5. The second-order valence-corrected chi connectivity index (χ2v) is 7.01. The molecule has 0 spiro atoms. The van der Waals surface area contributed by atoms with Crippen molar-refractivity contribution in [2.24, 2.45) is 0 Å². The zero-order chi connectivity index (χ0) is 19.8. The summed E-state index contributed by atoms with van der Waals surface area (Å²) in [5, 5.41) is 2.77. The Kier molecular flexibility index (Phi) is 5.15. The topological polar surface area (TPSA) is 34.0 Å².